The summed E-state index contributed by atoms with van der Waals surface area (Å²) in [7, 11) is -3.94. The van der Waals surface area contributed by atoms with Crippen molar-refractivity contribution in [2.45, 2.75) is 24.2 Å². The van der Waals surface area contributed by atoms with Gasteiger partial charge in [-0.3, -0.25) is 4.79 Å². The van der Waals surface area contributed by atoms with Gasteiger partial charge < -0.3 is 0 Å². The lowest BCUT2D eigenvalue weighted by Gasteiger charge is -2.06. The average Bonchev–Trinajstić information content (AvgIpc) is 3.14. The number of halogens is 1. The molecule has 7 heteroatoms. The second kappa shape index (κ2) is 5.48. The van der Waals surface area contributed by atoms with Crippen LogP contribution in [0.4, 0.5) is 4.39 Å². The maximum absolute atomic E-state index is 12.8. The van der Waals surface area contributed by atoms with Gasteiger partial charge in [-0.1, -0.05) is 0 Å². The maximum Gasteiger partial charge on any atom is 0.264 e. The molecule has 0 spiro atoms. The second-order valence-corrected chi connectivity index (χ2v) is 8.32. The summed E-state index contributed by atoms with van der Waals surface area (Å²) in [6, 6.07) is 8.34. The minimum Gasteiger partial charge on any atom is -0.274 e. The second-order valence-electron chi connectivity index (χ2n) is 5.32. The quantitative estimate of drug-likeness (QED) is 0.932. The Morgan fingerprint density at radius 1 is 1.23 bits per heavy atom. The van der Waals surface area contributed by atoms with Crippen molar-refractivity contribution < 1.29 is 17.6 Å². The number of rotatable bonds is 4. The summed E-state index contributed by atoms with van der Waals surface area (Å²) in [6.07, 6.45) is 0.657. The van der Waals surface area contributed by atoms with Crippen LogP contribution in [0.3, 0.4) is 0 Å². The van der Waals surface area contributed by atoms with Crippen molar-refractivity contribution in [2.75, 3.05) is 0 Å². The highest BCUT2D eigenvalue weighted by Gasteiger charge is 2.45. The maximum atomic E-state index is 12.8. The Balaban J connectivity index is 1.68. The molecule has 22 heavy (non-hydrogen) atoms. The molecule has 1 saturated carbocycles. The molecule has 3 rings (SSSR count). The molecule has 2 aromatic rings. The van der Waals surface area contributed by atoms with Gasteiger partial charge in [0.25, 0.3) is 10.0 Å². The summed E-state index contributed by atoms with van der Waals surface area (Å²) in [4.78, 5) is 14.2. The van der Waals surface area contributed by atoms with Gasteiger partial charge in [0, 0.05) is 21.6 Å². The van der Waals surface area contributed by atoms with Crippen molar-refractivity contribution in [2.24, 2.45) is 5.92 Å². The van der Waals surface area contributed by atoms with Crippen LogP contribution >= 0.6 is 11.3 Å². The molecule has 1 aliphatic carbocycles. The highest BCUT2D eigenvalue weighted by atomic mass is 32.2. The normalized spacial score (nSPS) is 20.6. The van der Waals surface area contributed by atoms with E-state index in [-0.39, 0.29) is 16.7 Å². The van der Waals surface area contributed by atoms with E-state index >= 15 is 0 Å². The van der Waals surface area contributed by atoms with Gasteiger partial charge in [-0.15, -0.1) is 11.3 Å². The van der Waals surface area contributed by atoms with Crippen molar-refractivity contribution >= 4 is 27.3 Å². The lowest BCUT2D eigenvalue weighted by molar-refractivity contribution is -0.120. The molecule has 1 heterocycles. The number of hydrogen-bond acceptors (Lipinski definition) is 4. The Morgan fingerprint density at radius 3 is 2.50 bits per heavy atom. The first-order valence-corrected chi connectivity index (χ1v) is 9.05. The van der Waals surface area contributed by atoms with E-state index in [0.717, 1.165) is 29.1 Å². The first-order chi connectivity index (χ1) is 10.4. The highest BCUT2D eigenvalue weighted by molar-refractivity contribution is 7.90. The SMILES string of the molecule is Cc1ccc(C2CC2C(=O)NS(=O)(=O)c2ccc(F)cc2)s1. The van der Waals surface area contributed by atoms with E-state index in [0.29, 0.717) is 6.42 Å². The summed E-state index contributed by atoms with van der Waals surface area (Å²) < 4.78 is 39.1. The molecule has 0 radical (unpaired) electrons. The number of hydrogen-bond donors (Lipinski definition) is 1. The topological polar surface area (TPSA) is 63.2 Å². The smallest absolute Gasteiger partial charge is 0.264 e. The molecule has 116 valence electrons. The number of carbonyl (C=O) groups excluding carboxylic acids is 1. The summed E-state index contributed by atoms with van der Waals surface area (Å²) >= 11 is 1.62. The third-order valence-electron chi connectivity index (χ3n) is 3.61. The lowest BCUT2D eigenvalue weighted by Crippen LogP contribution is -2.32. The van der Waals surface area contributed by atoms with Crippen LogP contribution in [0.5, 0.6) is 0 Å². The van der Waals surface area contributed by atoms with E-state index in [2.05, 4.69) is 4.72 Å². The fourth-order valence-electron chi connectivity index (χ4n) is 2.33. The van der Waals surface area contributed by atoms with Crippen LogP contribution in [0.1, 0.15) is 22.1 Å². The molecule has 1 N–H and O–H groups in total. The van der Waals surface area contributed by atoms with Crippen LogP contribution in [0.15, 0.2) is 41.3 Å². The molecule has 1 aliphatic rings. The zero-order valence-electron chi connectivity index (χ0n) is 11.7. The monoisotopic (exact) mass is 339 g/mol. The predicted molar refractivity (Wildman–Crippen MR) is 81.6 cm³/mol. The molecule has 2 unspecified atom stereocenters. The minimum absolute atomic E-state index is 0.0992. The Bertz CT molecular complexity index is 812. The molecular formula is C15H14FNO3S2. The van der Waals surface area contributed by atoms with Crippen LogP contribution in [-0.4, -0.2) is 14.3 Å². The highest BCUT2D eigenvalue weighted by Crippen LogP contribution is 2.49. The number of sulfonamides is 1. The van der Waals surface area contributed by atoms with E-state index in [1.807, 2.05) is 19.1 Å². The number of aryl methyl sites for hydroxylation is 1. The molecule has 0 aliphatic heterocycles. The van der Waals surface area contributed by atoms with Crippen LogP contribution in [0, 0.1) is 18.7 Å². The summed E-state index contributed by atoms with van der Waals surface area (Å²) in [5, 5.41) is 0. The van der Waals surface area contributed by atoms with Gasteiger partial charge >= 0.3 is 0 Å². The molecule has 1 amide bonds. The van der Waals surface area contributed by atoms with Crippen LogP contribution in [0.2, 0.25) is 0 Å². The minimum atomic E-state index is -3.94. The van der Waals surface area contributed by atoms with Gasteiger partial charge in [-0.25, -0.2) is 17.5 Å². The van der Waals surface area contributed by atoms with E-state index < -0.39 is 21.7 Å². The fraction of sp³-hybridized carbons (Fsp3) is 0.267. The van der Waals surface area contributed by atoms with Gasteiger partial charge in [0.1, 0.15) is 5.82 Å². The van der Waals surface area contributed by atoms with Gasteiger partial charge in [0.05, 0.1) is 4.90 Å². The van der Waals surface area contributed by atoms with Crippen molar-refractivity contribution in [3.63, 3.8) is 0 Å². The lowest BCUT2D eigenvalue weighted by atomic mass is 10.2. The third kappa shape index (κ3) is 3.05. The number of carbonyl (C=O) groups is 1. The molecule has 0 saturated heterocycles. The third-order valence-corrected chi connectivity index (χ3v) is 6.11. The largest absolute Gasteiger partial charge is 0.274 e. The average molecular weight is 339 g/mol. The van der Waals surface area contributed by atoms with Crippen molar-refractivity contribution in [1.29, 1.82) is 0 Å². The summed E-state index contributed by atoms with van der Waals surface area (Å²) in [6.45, 7) is 1.99. The zero-order chi connectivity index (χ0) is 15.9. The van der Waals surface area contributed by atoms with E-state index in [9.17, 15) is 17.6 Å². The van der Waals surface area contributed by atoms with Gasteiger partial charge in [-0.2, -0.15) is 0 Å². The predicted octanol–water partition coefficient (Wildman–Crippen LogP) is 2.80. The standard InChI is InChI=1S/C15H14FNO3S2/c1-9-2-7-14(21-9)12-8-13(12)15(18)17-22(19,20)11-5-3-10(16)4-6-11/h2-7,12-13H,8H2,1H3,(H,17,18). The van der Waals surface area contributed by atoms with Gasteiger partial charge in [-0.05, 0) is 49.7 Å². The first-order valence-electron chi connectivity index (χ1n) is 6.75. The zero-order valence-corrected chi connectivity index (χ0v) is 13.4. The number of thiophene rings is 1. The Labute approximate surface area is 132 Å². The Kier molecular flexibility index (Phi) is 3.78. The molecule has 0 bridgehead atoms. The molecular weight excluding hydrogens is 325 g/mol. The molecule has 1 aromatic heterocycles. The van der Waals surface area contributed by atoms with Gasteiger partial charge in [0.2, 0.25) is 5.91 Å². The number of nitrogens with one attached hydrogen (secondary N) is 1. The fourth-order valence-corrected chi connectivity index (χ4v) is 4.42. The van der Waals surface area contributed by atoms with Gasteiger partial charge in [0.15, 0.2) is 0 Å². The Hall–Kier alpha value is -1.73. The van der Waals surface area contributed by atoms with Crippen LogP contribution in [0.25, 0.3) is 0 Å². The van der Waals surface area contributed by atoms with E-state index in [1.54, 1.807) is 11.3 Å². The van der Waals surface area contributed by atoms with Crippen molar-refractivity contribution in [3.8, 4) is 0 Å². The number of amides is 1. The van der Waals surface area contributed by atoms with E-state index in [4.69, 9.17) is 0 Å². The number of benzene rings is 1. The van der Waals surface area contributed by atoms with Crippen LogP contribution < -0.4 is 4.72 Å². The summed E-state index contributed by atoms with van der Waals surface area (Å²) in [5.41, 5.74) is 0. The van der Waals surface area contributed by atoms with Crippen molar-refractivity contribution in [3.05, 3.63) is 52.0 Å². The Morgan fingerprint density at radius 2 is 1.91 bits per heavy atom. The molecule has 4 nitrogen and oxygen atoms in total. The first kappa shape index (κ1) is 15.2. The van der Waals surface area contributed by atoms with Crippen molar-refractivity contribution in [1.82, 2.24) is 4.72 Å². The summed E-state index contributed by atoms with van der Waals surface area (Å²) in [5.74, 6) is -1.24. The molecule has 1 fully saturated rings. The molecule has 2 atom stereocenters. The van der Waals surface area contributed by atoms with E-state index in [1.165, 1.54) is 4.88 Å². The van der Waals surface area contributed by atoms with Crippen LogP contribution in [-0.2, 0) is 14.8 Å². The molecule has 1 aromatic carbocycles.